The molecule has 1 aliphatic heterocycles. The average Bonchev–Trinajstić information content (AvgIpc) is 3.00. The van der Waals surface area contributed by atoms with Crippen molar-refractivity contribution in [3.8, 4) is 11.5 Å². The molecule has 0 spiro atoms. The summed E-state index contributed by atoms with van der Waals surface area (Å²) >= 11 is 5.20. The zero-order valence-electron chi connectivity index (χ0n) is 16.7. The van der Waals surface area contributed by atoms with Crippen LogP contribution in [0, 0.1) is 0 Å². The van der Waals surface area contributed by atoms with Crippen LogP contribution >= 0.6 is 12.2 Å². The first-order valence-electron chi connectivity index (χ1n) is 9.39. The van der Waals surface area contributed by atoms with E-state index in [1.807, 2.05) is 6.92 Å². The molecule has 1 heterocycles. The summed E-state index contributed by atoms with van der Waals surface area (Å²) in [5.41, 5.74) is 1.16. The Labute approximate surface area is 186 Å². The molecule has 2 aromatic rings. The van der Waals surface area contributed by atoms with E-state index in [4.69, 9.17) is 17.0 Å². The van der Waals surface area contributed by atoms with Gasteiger partial charge in [0, 0.05) is 6.54 Å². The van der Waals surface area contributed by atoms with E-state index >= 15 is 0 Å². The molecule has 1 aliphatic rings. The molecule has 0 bridgehead atoms. The number of benzene rings is 2. The first-order chi connectivity index (χ1) is 15.2. The molecule has 0 unspecified atom stereocenters. The van der Waals surface area contributed by atoms with Crippen molar-refractivity contribution in [3.05, 3.63) is 59.8 Å². The largest absolute Gasteiger partial charge is 0.573 e. The summed E-state index contributed by atoms with van der Waals surface area (Å²) < 4.78 is 46.1. The van der Waals surface area contributed by atoms with Gasteiger partial charge in [-0.05, 0) is 67.2 Å². The van der Waals surface area contributed by atoms with Crippen molar-refractivity contribution in [2.24, 2.45) is 0 Å². The summed E-state index contributed by atoms with van der Waals surface area (Å²) in [7, 11) is 0. The van der Waals surface area contributed by atoms with Gasteiger partial charge in [-0.15, -0.1) is 13.2 Å². The first-order valence-corrected chi connectivity index (χ1v) is 9.79. The molecule has 0 aromatic heterocycles. The summed E-state index contributed by atoms with van der Waals surface area (Å²) in [6.07, 6.45) is -3.23. The minimum absolute atomic E-state index is 0.0904. The standard InChI is InChI=1S/C21H18F3N3O4S/c1-2-25-18(28)12-30-15-7-3-13(4-8-15)11-17-19(29)27(20(32)26-17)14-5-9-16(10-6-14)31-21(22,23)24/h3-11H,2,12H2,1H3,(H,25,28)(H,26,32)/b17-11-. The quantitative estimate of drug-likeness (QED) is 0.482. The van der Waals surface area contributed by atoms with E-state index in [1.54, 1.807) is 30.3 Å². The maximum atomic E-state index is 12.8. The van der Waals surface area contributed by atoms with Crippen molar-refractivity contribution in [1.82, 2.24) is 10.6 Å². The molecule has 1 saturated heterocycles. The number of hydrogen-bond donors (Lipinski definition) is 2. The summed E-state index contributed by atoms with van der Waals surface area (Å²) in [6.45, 7) is 2.22. The predicted octanol–water partition coefficient (Wildman–Crippen LogP) is 3.36. The van der Waals surface area contributed by atoms with Crippen molar-refractivity contribution >= 4 is 40.9 Å². The third-order valence-corrected chi connectivity index (χ3v) is 4.43. The Bertz CT molecular complexity index is 1040. The van der Waals surface area contributed by atoms with Crippen molar-refractivity contribution in [2.75, 3.05) is 18.1 Å². The van der Waals surface area contributed by atoms with Crippen LogP contribution in [-0.2, 0) is 9.59 Å². The number of likely N-dealkylation sites (N-methyl/N-ethyl adjacent to an activating group) is 1. The smallest absolute Gasteiger partial charge is 0.484 e. The Kier molecular flexibility index (Phi) is 6.98. The van der Waals surface area contributed by atoms with Crippen LogP contribution in [0.1, 0.15) is 12.5 Å². The van der Waals surface area contributed by atoms with Gasteiger partial charge in [-0.1, -0.05) is 12.1 Å². The second-order valence-electron chi connectivity index (χ2n) is 6.48. The predicted molar refractivity (Wildman–Crippen MR) is 115 cm³/mol. The third-order valence-electron chi connectivity index (χ3n) is 4.14. The Morgan fingerprint density at radius 1 is 1.12 bits per heavy atom. The van der Waals surface area contributed by atoms with Crippen LogP contribution in [0.15, 0.2) is 54.2 Å². The van der Waals surface area contributed by atoms with Gasteiger partial charge in [0.15, 0.2) is 11.7 Å². The van der Waals surface area contributed by atoms with Gasteiger partial charge in [-0.2, -0.15) is 0 Å². The number of alkyl halides is 3. The third kappa shape index (κ3) is 5.97. The Morgan fingerprint density at radius 3 is 2.34 bits per heavy atom. The van der Waals surface area contributed by atoms with Crippen LogP contribution in [0.2, 0.25) is 0 Å². The fraction of sp³-hybridized carbons (Fsp3) is 0.190. The van der Waals surface area contributed by atoms with Gasteiger partial charge in [0.2, 0.25) is 0 Å². The maximum Gasteiger partial charge on any atom is 0.573 e. The molecule has 1 fully saturated rings. The zero-order chi connectivity index (χ0) is 23.3. The molecular formula is C21H18F3N3O4S. The van der Waals surface area contributed by atoms with Gasteiger partial charge in [0.25, 0.3) is 11.8 Å². The van der Waals surface area contributed by atoms with E-state index in [-0.39, 0.29) is 23.3 Å². The highest BCUT2D eigenvalue weighted by Crippen LogP contribution is 2.28. The summed E-state index contributed by atoms with van der Waals surface area (Å²) in [5.74, 6) is -0.610. The number of carbonyl (C=O) groups excluding carboxylic acids is 2. The van der Waals surface area contributed by atoms with E-state index in [0.717, 1.165) is 12.1 Å². The minimum Gasteiger partial charge on any atom is -0.484 e. The monoisotopic (exact) mass is 465 g/mol. The van der Waals surface area contributed by atoms with E-state index < -0.39 is 18.0 Å². The summed E-state index contributed by atoms with van der Waals surface area (Å²) in [6, 6.07) is 11.5. The zero-order valence-corrected chi connectivity index (χ0v) is 17.5. The number of rotatable bonds is 7. The Balaban J connectivity index is 1.68. The fourth-order valence-electron chi connectivity index (χ4n) is 2.79. The fourth-order valence-corrected chi connectivity index (χ4v) is 3.09. The number of anilines is 1. The van der Waals surface area contributed by atoms with E-state index in [9.17, 15) is 22.8 Å². The normalized spacial score (nSPS) is 15.0. The lowest BCUT2D eigenvalue weighted by atomic mass is 10.2. The SMILES string of the molecule is CCNC(=O)COc1ccc(/C=C2\NC(=S)N(c3ccc(OC(F)(F)F)cc3)C2=O)cc1. The number of ether oxygens (including phenoxy) is 2. The van der Waals surface area contributed by atoms with Crippen molar-refractivity contribution in [2.45, 2.75) is 13.3 Å². The molecule has 2 amide bonds. The summed E-state index contributed by atoms with van der Waals surface area (Å²) in [4.78, 5) is 25.4. The second kappa shape index (κ2) is 9.69. The molecule has 11 heteroatoms. The lowest BCUT2D eigenvalue weighted by Crippen LogP contribution is -2.30. The van der Waals surface area contributed by atoms with Crippen LogP contribution in [-0.4, -0.2) is 36.4 Å². The maximum absolute atomic E-state index is 12.8. The van der Waals surface area contributed by atoms with Crippen molar-refractivity contribution in [1.29, 1.82) is 0 Å². The van der Waals surface area contributed by atoms with Crippen molar-refractivity contribution in [3.63, 3.8) is 0 Å². The molecule has 0 aliphatic carbocycles. The van der Waals surface area contributed by atoms with Gasteiger partial charge in [0.05, 0.1) is 5.69 Å². The van der Waals surface area contributed by atoms with Crippen LogP contribution in [0.3, 0.4) is 0 Å². The topological polar surface area (TPSA) is 79.9 Å². The van der Waals surface area contributed by atoms with E-state index in [1.165, 1.54) is 17.0 Å². The number of amides is 2. The lowest BCUT2D eigenvalue weighted by molar-refractivity contribution is -0.274. The van der Waals surface area contributed by atoms with Gasteiger partial charge in [0.1, 0.15) is 17.2 Å². The number of halogens is 3. The highest BCUT2D eigenvalue weighted by Gasteiger charge is 2.33. The average molecular weight is 465 g/mol. The number of nitrogens with one attached hydrogen (secondary N) is 2. The second-order valence-corrected chi connectivity index (χ2v) is 6.87. The summed E-state index contributed by atoms with van der Waals surface area (Å²) in [5, 5.41) is 5.51. The number of thiocarbonyl (C=S) groups is 1. The Hall–Kier alpha value is -3.60. The molecule has 168 valence electrons. The minimum atomic E-state index is -4.81. The van der Waals surface area contributed by atoms with Crippen LogP contribution in [0.5, 0.6) is 11.5 Å². The van der Waals surface area contributed by atoms with Crippen LogP contribution in [0.4, 0.5) is 18.9 Å². The van der Waals surface area contributed by atoms with E-state index in [2.05, 4.69) is 15.4 Å². The molecule has 0 atom stereocenters. The van der Waals surface area contributed by atoms with Crippen LogP contribution < -0.4 is 25.0 Å². The molecule has 3 rings (SSSR count). The van der Waals surface area contributed by atoms with Crippen LogP contribution in [0.25, 0.3) is 6.08 Å². The van der Waals surface area contributed by atoms with Crippen molar-refractivity contribution < 1.29 is 32.2 Å². The van der Waals surface area contributed by atoms with Gasteiger partial charge < -0.3 is 20.1 Å². The van der Waals surface area contributed by atoms with Gasteiger partial charge in [-0.3, -0.25) is 14.5 Å². The molecular weight excluding hydrogens is 447 g/mol. The molecule has 7 nitrogen and oxygen atoms in total. The van der Waals surface area contributed by atoms with Gasteiger partial charge in [-0.25, -0.2) is 0 Å². The Morgan fingerprint density at radius 2 is 1.75 bits per heavy atom. The number of carbonyl (C=O) groups is 2. The highest BCUT2D eigenvalue weighted by atomic mass is 32.1. The van der Waals surface area contributed by atoms with Gasteiger partial charge >= 0.3 is 6.36 Å². The molecule has 32 heavy (non-hydrogen) atoms. The number of nitrogens with zero attached hydrogens (tertiary/aromatic N) is 1. The molecule has 2 aromatic carbocycles. The highest BCUT2D eigenvalue weighted by molar-refractivity contribution is 7.80. The number of hydrogen-bond acceptors (Lipinski definition) is 5. The lowest BCUT2D eigenvalue weighted by Gasteiger charge is -2.15. The molecule has 0 saturated carbocycles. The molecule has 0 radical (unpaired) electrons. The van der Waals surface area contributed by atoms with E-state index in [0.29, 0.717) is 23.5 Å². The molecule has 2 N–H and O–H groups in total. The first kappa shape index (κ1) is 23.1.